The van der Waals surface area contributed by atoms with Crippen LogP contribution in [0.3, 0.4) is 0 Å². The molecule has 4 fully saturated rings. The van der Waals surface area contributed by atoms with Gasteiger partial charge < -0.3 is 30.1 Å². The van der Waals surface area contributed by atoms with Gasteiger partial charge in [-0.2, -0.15) is 0 Å². The molecule has 12 atom stereocenters. The molecule has 0 amide bonds. The molecule has 0 aromatic heterocycles. The summed E-state index contributed by atoms with van der Waals surface area (Å²) in [6, 6.07) is 0. The first kappa shape index (κ1) is 33.9. The Kier molecular flexibility index (Phi) is 9.99. The van der Waals surface area contributed by atoms with Gasteiger partial charge in [0.1, 0.15) is 0 Å². The summed E-state index contributed by atoms with van der Waals surface area (Å²) in [6.45, 7) is 9.72. The minimum Gasteiger partial charge on any atom is -0.726 e. The van der Waals surface area contributed by atoms with E-state index >= 15 is 0 Å². The van der Waals surface area contributed by atoms with Crippen molar-refractivity contribution in [1.82, 2.24) is 0 Å². The Morgan fingerprint density at radius 1 is 1.03 bits per heavy atom. The Hall–Kier alpha value is 0.410. The number of hydrogen-bond donors (Lipinski definition) is 5. The van der Waals surface area contributed by atoms with Crippen LogP contribution in [-0.2, 0) is 14.6 Å². The van der Waals surface area contributed by atoms with Crippen molar-refractivity contribution in [3.63, 3.8) is 0 Å². The fraction of sp³-hybridized carbons (Fsp3) is 0.929. The van der Waals surface area contributed by atoms with Crippen LogP contribution in [0.4, 0.5) is 0 Å². The topological polar surface area (TPSA) is 168 Å². The van der Waals surface area contributed by atoms with Crippen LogP contribution < -0.4 is 29.6 Å². The molecule has 4 saturated carbocycles. The summed E-state index contributed by atoms with van der Waals surface area (Å²) in [5.41, 5.74) is -4.05. The fourth-order valence-corrected chi connectivity index (χ4v) is 9.71. The molecule has 2 unspecified atom stereocenters. The maximum Gasteiger partial charge on any atom is 1.00 e. The Morgan fingerprint density at radius 3 is 2.26 bits per heavy atom. The van der Waals surface area contributed by atoms with Crippen molar-refractivity contribution < 1.29 is 72.2 Å². The Morgan fingerprint density at radius 2 is 1.67 bits per heavy atom. The van der Waals surface area contributed by atoms with E-state index in [-0.39, 0.29) is 78.6 Å². The van der Waals surface area contributed by atoms with Crippen LogP contribution in [0.1, 0.15) is 79.6 Å². The third kappa shape index (κ3) is 5.71. The van der Waals surface area contributed by atoms with Crippen molar-refractivity contribution in [3.8, 4) is 0 Å². The minimum absolute atomic E-state index is 0. The van der Waals surface area contributed by atoms with E-state index in [9.17, 15) is 38.5 Å². The third-order valence-corrected chi connectivity index (χ3v) is 11.9. The first-order chi connectivity index (χ1) is 17.4. The number of allylic oxidation sites excluding steroid dienone is 1. The molecular weight excluding hydrogens is 535 g/mol. The first-order valence-electron chi connectivity index (χ1n) is 14.2. The largest absolute Gasteiger partial charge is 1.00 e. The standard InChI is InChI=1S/C28H48O9S.Na/c1-16(2)18(15-37-38(34,35)36)7-6-17(3)20-12-21(30)24-25(20,4)10-9-22-26(5)11-8-19(29)13-28(26,33)23(31)14-27(22,24)32;/h6-7,16-24,29-33H,8-15H2,1-5H3,(H,34,35,36);/q;+1/p-1/b7-6+;/t17-,18+,19+,20-,21+,22?,23-,24?,25-,26-,27+,28+;/m1./s1. The van der Waals surface area contributed by atoms with Crippen LogP contribution >= 0.6 is 0 Å². The van der Waals surface area contributed by atoms with Crippen LogP contribution in [0.2, 0.25) is 0 Å². The normalized spacial score (nSPS) is 47.7. The summed E-state index contributed by atoms with van der Waals surface area (Å²) in [5, 5.41) is 57.0. The van der Waals surface area contributed by atoms with Crippen LogP contribution in [0.15, 0.2) is 12.2 Å². The zero-order chi connectivity index (χ0) is 28.5. The summed E-state index contributed by atoms with van der Waals surface area (Å²) in [4.78, 5) is 0. The van der Waals surface area contributed by atoms with E-state index in [0.717, 1.165) is 6.42 Å². The zero-order valence-corrected chi connectivity index (χ0v) is 27.1. The summed E-state index contributed by atoms with van der Waals surface area (Å²) in [7, 11) is -4.78. The zero-order valence-electron chi connectivity index (χ0n) is 24.3. The molecular formula is C28H47NaO9S. The summed E-state index contributed by atoms with van der Waals surface area (Å²) >= 11 is 0. The van der Waals surface area contributed by atoms with E-state index in [4.69, 9.17) is 0 Å². The quantitative estimate of drug-likeness (QED) is 0.111. The average Bonchev–Trinajstić information content (AvgIpc) is 3.06. The molecule has 0 saturated heterocycles. The van der Waals surface area contributed by atoms with E-state index in [1.165, 1.54) is 0 Å². The van der Waals surface area contributed by atoms with Gasteiger partial charge in [0.15, 0.2) is 0 Å². The molecule has 0 radical (unpaired) electrons. The molecule has 0 heterocycles. The number of hydrogen-bond acceptors (Lipinski definition) is 9. The van der Waals surface area contributed by atoms with Crippen LogP contribution in [-0.4, -0.2) is 74.6 Å². The van der Waals surface area contributed by atoms with Crippen LogP contribution in [0.5, 0.6) is 0 Å². The van der Waals surface area contributed by atoms with Gasteiger partial charge in [-0.3, -0.25) is 4.18 Å². The maximum atomic E-state index is 12.4. The second-order valence-corrected chi connectivity index (χ2v) is 14.8. The Balaban J connectivity index is 0.00000420. The average molecular weight is 583 g/mol. The van der Waals surface area contributed by atoms with Crippen molar-refractivity contribution in [2.24, 2.45) is 46.3 Å². The van der Waals surface area contributed by atoms with Crippen LogP contribution in [0.25, 0.3) is 0 Å². The van der Waals surface area contributed by atoms with Gasteiger partial charge in [-0.25, -0.2) is 8.42 Å². The van der Waals surface area contributed by atoms with Crippen molar-refractivity contribution in [2.45, 2.75) is 109 Å². The summed E-state index contributed by atoms with van der Waals surface area (Å²) in [6.07, 6.45) is 4.14. The van der Waals surface area contributed by atoms with Crippen LogP contribution in [0, 0.1) is 46.3 Å². The van der Waals surface area contributed by atoms with Crippen molar-refractivity contribution in [2.75, 3.05) is 6.61 Å². The van der Waals surface area contributed by atoms with Gasteiger partial charge >= 0.3 is 29.6 Å². The van der Waals surface area contributed by atoms with Crippen molar-refractivity contribution in [3.05, 3.63) is 12.2 Å². The van der Waals surface area contributed by atoms with Gasteiger partial charge in [0.25, 0.3) is 0 Å². The van der Waals surface area contributed by atoms with Gasteiger partial charge in [-0.15, -0.1) is 0 Å². The molecule has 220 valence electrons. The third-order valence-electron chi connectivity index (χ3n) is 11.5. The number of aliphatic hydroxyl groups excluding tert-OH is 3. The molecule has 39 heavy (non-hydrogen) atoms. The molecule has 0 aromatic carbocycles. The summed E-state index contributed by atoms with van der Waals surface area (Å²) < 4.78 is 37.4. The van der Waals surface area contributed by atoms with Crippen molar-refractivity contribution in [1.29, 1.82) is 0 Å². The van der Waals surface area contributed by atoms with Crippen molar-refractivity contribution >= 4 is 10.4 Å². The smallest absolute Gasteiger partial charge is 0.726 e. The monoisotopic (exact) mass is 582 g/mol. The number of rotatable bonds is 7. The SMILES string of the molecule is CC(C)[C@@H](/C=C/[C@@H](C)[C@H]1C[C@H](O)C2[C@]3(O)C[C@@H](O)[C@@]4(O)C[C@@H](O)CC[C@]4(C)C3CC[C@@]21C)COS(=O)(=O)[O-].[Na+]. The predicted molar refractivity (Wildman–Crippen MR) is 139 cm³/mol. The van der Waals surface area contributed by atoms with Gasteiger partial charge in [-0.1, -0.05) is 46.8 Å². The number of aliphatic hydroxyl groups is 5. The summed E-state index contributed by atoms with van der Waals surface area (Å²) in [5.74, 6) is -0.998. The first-order valence-corrected chi connectivity index (χ1v) is 15.5. The van der Waals surface area contributed by atoms with Gasteiger partial charge in [0.05, 0.1) is 36.1 Å². The molecule has 4 aliphatic rings. The molecule has 0 aromatic rings. The predicted octanol–water partition coefficient (Wildman–Crippen LogP) is -0.877. The molecule has 4 rings (SSSR count). The van der Waals surface area contributed by atoms with E-state index in [1.807, 2.05) is 32.9 Å². The minimum atomic E-state index is -4.78. The second kappa shape index (κ2) is 11.5. The van der Waals surface area contributed by atoms with E-state index in [1.54, 1.807) is 0 Å². The Bertz CT molecular complexity index is 1020. The molecule has 4 aliphatic carbocycles. The fourth-order valence-electron chi connectivity index (χ4n) is 9.39. The molecule has 9 nitrogen and oxygen atoms in total. The van der Waals surface area contributed by atoms with Gasteiger partial charge in [-0.05, 0) is 61.2 Å². The molecule has 0 aliphatic heterocycles. The van der Waals surface area contributed by atoms with E-state index in [2.05, 4.69) is 18.0 Å². The Labute approximate surface area is 255 Å². The molecule has 11 heteroatoms. The maximum absolute atomic E-state index is 12.4. The number of fused-ring (bicyclic) bond motifs is 5. The van der Waals surface area contributed by atoms with Gasteiger partial charge in [0.2, 0.25) is 10.4 Å². The van der Waals surface area contributed by atoms with Gasteiger partial charge in [0, 0.05) is 30.1 Å². The molecule has 0 bridgehead atoms. The second-order valence-electron chi connectivity index (χ2n) is 13.8. The van der Waals surface area contributed by atoms with E-state index in [0.29, 0.717) is 25.7 Å². The van der Waals surface area contributed by atoms with E-state index < -0.39 is 56.7 Å². The molecule has 5 N–H and O–H groups in total. The molecule has 0 spiro atoms.